The molecule has 3 aromatic rings. The lowest BCUT2D eigenvalue weighted by Crippen LogP contribution is -2.27. The Labute approximate surface area is 156 Å². The van der Waals surface area contributed by atoms with E-state index in [1.165, 1.54) is 16.9 Å². The number of rotatable bonds is 3. The van der Waals surface area contributed by atoms with Crippen LogP contribution in [-0.2, 0) is 11.8 Å². The molecule has 1 aliphatic rings. The number of halogens is 1. The van der Waals surface area contributed by atoms with Gasteiger partial charge in [-0.1, -0.05) is 17.4 Å². The van der Waals surface area contributed by atoms with Crippen LogP contribution in [-0.4, -0.2) is 33.8 Å². The number of benzene rings is 1. The number of carbonyl (C=O) groups is 1. The second-order valence-corrected chi connectivity index (χ2v) is 7.33. The Hall–Kier alpha value is -1.96. The van der Waals surface area contributed by atoms with Gasteiger partial charge < -0.3 is 10.6 Å². The third-order valence-electron chi connectivity index (χ3n) is 4.48. The predicted molar refractivity (Wildman–Crippen MR) is 103 cm³/mol. The van der Waals surface area contributed by atoms with E-state index in [1.807, 2.05) is 31.6 Å². The van der Waals surface area contributed by atoms with E-state index in [-0.39, 0.29) is 30.2 Å². The fourth-order valence-electron chi connectivity index (χ4n) is 3.22. The summed E-state index contributed by atoms with van der Waals surface area (Å²) in [6, 6.07) is 6.12. The lowest BCUT2D eigenvalue weighted by Gasteiger charge is -2.15. The van der Waals surface area contributed by atoms with Gasteiger partial charge in [0.15, 0.2) is 5.13 Å². The first-order valence-electron chi connectivity index (χ1n) is 7.97. The first-order valence-corrected chi connectivity index (χ1v) is 8.79. The van der Waals surface area contributed by atoms with Crippen molar-refractivity contribution < 1.29 is 4.79 Å². The molecule has 3 heterocycles. The van der Waals surface area contributed by atoms with Gasteiger partial charge in [0.1, 0.15) is 0 Å². The van der Waals surface area contributed by atoms with Gasteiger partial charge in [-0.2, -0.15) is 5.10 Å². The van der Waals surface area contributed by atoms with Crippen molar-refractivity contribution in [2.45, 2.75) is 12.8 Å². The Morgan fingerprint density at radius 3 is 3.00 bits per heavy atom. The Kier molecular flexibility index (Phi) is 5.08. The molecule has 1 fully saturated rings. The van der Waals surface area contributed by atoms with Gasteiger partial charge in [0, 0.05) is 32.3 Å². The number of carbonyl (C=O) groups excluding carboxylic acids is 1. The number of thiazole rings is 1. The highest BCUT2D eigenvalue weighted by Gasteiger charge is 2.35. The molecule has 1 saturated heterocycles. The second kappa shape index (κ2) is 7.11. The lowest BCUT2D eigenvalue weighted by atomic mass is 9.90. The zero-order chi connectivity index (χ0) is 16.7. The molecule has 132 valence electrons. The first-order chi connectivity index (χ1) is 11.6. The molecule has 0 bridgehead atoms. The molecule has 4 rings (SSSR count). The normalized spacial score (nSPS) is 19.8. The largest absolute Gasteiger partial charge is 0.315 e. The molecule has 0 aliphatic carbocycles. The molecule has 2 N–H and O–H groups in total. The number of amides is 1. The van der Waals surface area contributed by atoms with Gasteiger partial charge in [0.05, 0.1) is 22.3 Å². The smallest absolute Gasteiger partial charge is 0.231 e. The van der Waals surface area contributed by atoms with Crippen LogP contribution in [0.2, 0.25) is 0 Å². The Balaban J connectivity index is 0.00000182. The van der Waals surface area contributed by atoms with Crippen molar-refractivity contribution in [3.63, 3.8) is 0 Å². The summed E-state index contributed by atoms with van der Waals surface area (Å²) in [4.78, 5) is 17.3. The third kappa shape index (κ3) is 3.53. The fourth-order valence-corrected chi connectivity index (χ4v) is 4.19. The van der Waals surface area contributed by atoms with E-state index in [9.17, 15) is 4.79 Å². The van der Waals surface area contributed by atoms with Crippen molar-refractivity contribution >= 4 is 45.0 Å². The van der Waals surface area contributed by atoms with Crippen molar-refractivity contribution in [1.29, 1.82) is 0 Å². The van der Waals surface area contributed by atoms with E-state index in [0.29, 0.717) is 11.7 Å². The summed E-state index contributed by atoms with van der Waals surface area (Å²) in [6.45, 7) is 3.53. The van der Waals surface area contributed by atoms with E-state index >= 15 is 0 Å². The van der Waals surface area contributed by atoms with E-state index in [4.69, 9.17) is 0 Å². The summed E-state index contributed by atoms with van der Waals surface area (Å²) < 4.78 is 2.87. The van der Waals surface area contributed by atoms with Gasteiger partial charge in [0.25, 0.3) is 0 Å². The maximum absolute atomic E-state index is 12.7. The first kappa shape index (κ1) is 17.8. The lowest BCUT2D eigenvalue weighted by molar-refractivity contribution is -0.119. The molecule has 0 unspecified atom stereocenters. The number of hydrogen-bond donors (Lipinski definition) is 2. The van der Waals surface area contributed by atoms with Crippen LogP contribution in [0.3, 0.4) is 0 Å². The van der Waals surface area contributed by atoms with E-state index < -0.39 is 0 Å². The number of hydrogen-bond acceptors (Lipinski definition) is 5. The van der Waals surface area contributed by atoms with Crippen molar-refractivity contribution in [3.05, 3.63) is 41.7 Å². The third-order valence-corrected chi connectivity index (χ3v) is 5.41. The molecule has 6 nitrogen and oxygen atoms in total. The van der Waals surface area contributed by atoms with Crippen LogP contribution >= 0.6 is 23.7 Å². The minimum atomic E-state index is -0.108. The van der Waals surface area contributed by atoms with E-state index in [1.54, 1.807) is 4.68 Å². The molecule has 25 heavy (non-hydrogen) atoms. The molecule has 8 heteroatoms. The minimum absolute atomic E-state index is 0. The Morgan fingerprint density at radius 1 is 1.40 bits per heavy atom. The van der Waals surface area contributed by atoms with Crippen LogP contribution in [0.1, 0.15) is 17.0 Å². The molecule has 1 aliphatic heterocycles. The minimum Gasteiger partial charge on any atom is -0.315 e. The Bertz CT molecular complexity index is 905. The van der Waals surface area contributed by atoms with Crippen molar-refractivity contribution in [1.82, 2.24) is 20.1 Å². The number of nitrogens with zero attached hydrogens (tertiary/aromatic N) is 3. The average molecular weight is 378 g/mol. The van der Waals surface area contributed by atoms with Crippen LogP contribution in [0.15, 0.2) is 30.6 Å². The molecular weight excluding hydrogens is 358 g/mol. The second-order valence-electron chi connectivity index (χ2n) is 6.30. The molecule has 0 saturated carbocycles. The van der Waals surface area contributed by atoms with E-state index in [0.717, 1.165) is 22.3 Å². The summed E-state index contributed by atoms with van der Waals surface area (Å²) in [7, 11) is 1.89. The fraction of sp³-hybridized carbons (Fsp3) is 0.353. The quantitative estimate of drug-likeness (QED) is 0.736. The van der Waals surface area contributed by atoms with Gasteiger partial charge >= 0.3 is 0 Å². The van der Waals surface area contributed by atoms with Gasteiger partial charge in [-0.3, -0.25) is 9.48 Å². The van der Waals surface area contributed by atoms with Gasteiger partial charge in [-0.25, -0.2) is 4.98 Å². The summed E-state index contributed by atoms with van der Waals surface area (Å²) in [5.74, 6) is 0.0582. The molecular formula is C17H20ClN5OS. The summed E-state index contributed by atoms with van der Waals surface area (Å²) in [5, 5.41) is 11.2. The number of nitrogens with one attached hydrogen (secondary N) is 2. The highest BCUT2D eigenvalue weighted by Crippen LogP contribution is 2.31. The van der Waals surface area contributed by atoms with Crippen LogP contribution in [0.25, 0.3) is 10.2 Å². The molecule has 1 amide bonds. The Morgan fingerprint density at radius 2 is 2.24 bits per heavy atom. The van der Waals surface area contributed by atoms with Gasteiger partial charge in [-0.05, 0) is 30.2 Å². The number of fused-ring (bicyclic) bond motifs is 1. The predicted octanol–water partition coefficient (Wildman–Crippen LogP) is 2.70. The van der Waals surface area contributed by atoms with Crippen molar-refractivity contribution in [2.75, 3.05) is 18.4 Å². The topological polar surface area (TPSA) is 71.8 Å². The molecule has 2 atom stereocenters. The van der Waals surface area contributed by atoms with Crippen LogP contribution < -0.4 is 10.6 Å². The highest BCUT2D eigenvalue weighted by atomic mass is 35.5. The van der Waals surface area contributed by atoms with Gasteiger partial charge in [-0.15, -0.1) is 12.4 Å². The maximum atomic E-state index is 12.7. The van der Waals surface area contributed by atoms with Crippen molar-refractivity contribution in [3.8, 4) is 0 Å². The zero-order valence-corrected chi connectivity index (χ0v) is 15.7. The summed E-state index contributed by atoms with van der Waals surface area (Å²) in [5.41, 5.74) is 3.22. The number of anilines is 1. The molecule has 2 aromatic heterocycles. The SMILES string of the molecule is Cc1ccc2nc(NC(=O)[C@H]3CNC[C@@H]3c3cnn(C)c3)sc2c1.Cl. The van der Waals surface area contributed by atoms with Crippen LogP contribution in [0.4, 0.5) is 5.13 Å². The van der Waals surface area contributed by atoms with Crippen LogP contribution in [0, 0.1) is 12.8 Å². The molecule has 0 radical (unpaired) electrons. The standard InChI is InChI=1S/C17H19N5OS.ClH/c1-10-3-4-14-15(5-10)24-17(20-14)21-16(23)13-8-18-7-12(13)11-6-19-22(2)9-11;/h3-6,9,12-13,18H,7-8H2,1-2H3,(H,20,21,23);1H/t12-,13+;/m1./s1. The van der Waals surface area contributed by atoms with Crippen LogP contribution in [0.5, 0.6) is 0 Å². The number of aryl methyl sites for hydroxylation is 2. The molecule has 1 aromatic carbocycles. The number of aromatic nitrogens is 3. The molecule has 0 spiro atoms. The monoisotopic (exact) mass is 377 g/mol. The van der Waals surface area contributed by atoms with E-state index in [2.05, 4.69) is 33.7 Å². The highest BCUT2D eigenvalue weighted by molar-refractivity contribution is 7.22. The summed E-state index contributed by atoms with van der Waals surface area (Å²) in [6.07, 6.45) is 3.83. The zero-order valence-electron chi connectivity index (χ0n) is 14.0. The average Bonchev–Trinajstić information content (AvgIpc) is 3.24. The summed E-state index contributed by atoms with van der Waals surface area (Å²) >= 11 is 1.52. The van der Waals surface area contributed by atoms with Crippen molar-refractivity contribution in [2.24, 2.45) is 13.0 Å². The van der Waals surface area contributed by atoms with Gasteiger partial charge in [0.2, 0.25) is 5.91 Å². The maximum Gasteiger partial charge on any atom is 0.231 e.